The van der Waals surface area contributed by atoms with Gasteiger partial charge in [-0.25, -0.2) is 0 Å². The third-order valence-electron chi connectivity index (χ3n) is 4.49. The van der Waals surface area contributed by atoms with Gasteiger partial charge in [-0.2, -0.15) is 0 Å². The van der Waals surface area contributed by atoms with Crippen LogP contribution in [0.3, 0.4) is 0 Å². The second-order valence-corrected chi connectivity index (χ2v) is 5.77. The van der Waals surface area contributed by atoms with Crippen molar-refractivity contribution in [3.8, 4) is 0 Å². The molecule has 0 aromatic carbocycles. The van der Waals surface area contributed by atoms with Gasteiger partial charge in [-0.3, -0.25) is 9.80 Å². The summed E-state index contributed by atoms with van der Waals surface area (Å²) in [6, 6.07) is 0.774. The second-order valence-electron chi connectivity index (χ2n) is 5.77. The first-order valence-electron chi connectivity index (χ1n) is 7.65. The van der Waals surface area contributed by atoms with E-state index < -0.39 is 0 Å². The number of hydrogen-bond acceptors (Lipinski definition) is 4. The van der Waals surface area contributed by atoms with E-state index in [2.05, 4.69) is 34.0 Å². The minimum Gasteiger partial charge on any atom is -0.315 e. The molecule has 1 atom stereocenters. The van der Waals surface area contributed by atoms with Gasteiger partial charge < -0.3 is 10.2 Å². The van der Waals surface area contributed by atoms with Crippen LogP contribution in [0, 0.1) is 0 Å². The maximum atomic E-state index is 3.53. The number of nitrogens with zero attached hydrogens (tertiary/aromatic N) is 3. The Morgan fingerprint density at radius 1 is 1.22 bits per heavy atom. The van der Waals surface area contributed by atoms with E-state index in [1.54, 1.807) is 0 Å². The van der Waals surface area contributed by atoms with Crippen LogP contribution in [0.1, 0.15) is 19.8 Å². The quantitative estimate of drug-likeness (QED) is 0.762. The van der Waals surface area contributed by atoms with Gasteiger partial charge in [0.25, 0.3) is 0 Å². The van der Waals surface area contributed by atoms with Gasteiger partial charge in [-0.1, -0.05) is 6.92 Å². The molecule has 0 bridgehead atoms. The smallest absolute Gasteiger partial charge is 0.0221 e. The molecule has 1 N–H and O–H groups in total. The lowest BCUT2D eigenvalue weighted by atomic mass is 10.1. The molecule has 0 aliphatic carbocycles. The number of piperazine rings is 1. The molecule has 2 fully saturated rings. The molecule has 0 spiro atoms. The Morgan fingerprint density at radius 2 is 2.00 bits per heavy atom. The lowest BCUT2D eigenvalue weighted by Crippen LogP contribution is -2.50. The lowest BCUT2D eigenvalue weighted by molar-refractivity contribution is 0.114. The van der Waals surface area contributed by atoms with Crippen LogP contribution in [-0.2, 0) is 0 Å². The standard InChI is InChI=1S/C14H30N4/c1-3-18(14-5-4-6-15-13-14)12-11-17-9-7-16(2)8-10-17/h14-15H,3-13H2,1-2H3. The summed E-state index contributed by atoms with van der Waals surface area (Å²) >= 11 is 0. The normalized spacial score (nSPS) is 27.8. The lowest BCUT2D eigenvalue weighted by Gasteiger charge is -2.37. The summed E-state index contributed by atoms with van der Waals surface area (Å²) in [6.45, 7) is 13.4. The summed E-state index contributed by atoms with van der Waals surface area (Å²) in [4.78, 5) is 7.72. The minimum absolute atomic E-state index is 0.774. The fourth-order valence-corrected chi connectivity index (χ4v) is 3.09. The minimum atomic E-state index is 0.774. The molecule has 2 rings (SSSR count). The van der Waals surface area contributed by atoms with Crippen molar-refractivity contribution in [1.82, 2.24) is 20.0 Å². The van der Waals surface area contributed by atoms with Crippen LogP contribution < -0.4 is 5.32 Å². The van der Waals surface area contributed by atoms with Gasteiger partial charge in [0.05, 0.1) is 0 Å². The molecule has 2 aliphatic rings. The Morgan fingerprint density at radius 3 is 2.61 bits per heavy atom. The molecule has 4 heteroatoms. The number of likely N-dealkylation sites (N-methyl/N-ethyl adjacent to an activating group) is 2. The first-order chi connectivity index (χ1) is 8.79. The average molecular weight is 254 g/mol. The van der Waals surface area contributed by atoms with Gasteiger partial charge >= 0.3 is 0 Å². The molecule has 0 radical (unpaired) electrons. The first-order valence-corrected chi connectivity index (χ1v) is 7.65. The van der Waals surface area contributed by atoms with E-state index in [1.807, 2.05) is 0 Å². The molecule has 2 aliphatic heterocycles. The van der Waals surface area contributed by atoms with Gasteiger partial charge in [0.15, 0.2) is 0 Å². The second kappa shape index (κ2) is 7.43. The maximum Gasteiger partial charge on any atom is 0.0221 e. The molecule has 0 aromatic rings. The van der Waals surface area contributed by atoms with Crippen LogP contribution in [0.4, 0.5) is 0 Å². The van der Waals surface area contributed by atoms with E-state index in [0.717, 1.165) is 6.04 Å². The molecule has 1 unspecified atom stereocenters. The van der Waals surface area contributed by atoms with E-state index in [0.29, 0.717) is 0 Å². The Hall–Kier alpha value is -0.160. The highest BCUT2D eigenvalue weighted by Gasteiger charge is 2.20. The third-order valence-corrected chi connectivity index (χ3v) is 4.49. The molecular weight excluding hydrogens is 224 g/mol. The molecular formula is C14H30N4. The van der Waals surface area contributed by atoms with E-state index >= 15 is 0 Å². The molecule has 0 aromatic heterocycles. The molecule has 2 heterocycles. The summed E-state index contributed by atoms with van der Waals surface area (Å²) in [5.41, 5.74) is 0. The number of rotatable bonds is 5. The highest BCUT2D eigenvalue weighted by molar-refractivity contribution is 4.79. The molecule has 2 saturated heterocycles. The zero-order valence-electron chi connectivity index (χ0n) is 12.2. The number of piperidine rings is 1. The summed E-state index contributed by atoms with van der Waals surface area (Å²) in [7, 11) is 2.23. The van der Waals surface area contributed by atoms with Crippen molar-refractivity contribution < 1.29 is 0 Å². The monoisotopic (exact) mass is 254 g/mol. The Bertz CT molecular complexity index is 220. The fraction of sp³-hybridized carbons (Fsp3) is 1.00. The van der Waals surface area contributed by atoms with Gasteiger partial charge in [0, 0.05) is 51.9 Å². The zero-order chi connectivity index (χ0) is 12.8. The van der Waals surface area contributed by atoms with Crippen molar-refractivity contribution in [2.45, 2.75) is 25.8 Å². The summed E-state index contributed by atoms with van der Waals surface area (Å²) < 4.78 is 0. The van der Waals surface area contributed by atoms with Gasteiger partial charge in [0.2, 0.25) is 0 Å². The van der Waals surface area contributed by atoms with Crippen LogP contribution in [0.25, 0.3) is 0 Å². The molecule has 106 valence electrons. The van der Waals surface area contributed by atoms with Crippen LogP contribution >= 0.6 is 0 Å². The Balaban J connectivity index is 1.69. The number of hydrogen-bond donors (Lipinski definition) is 1. The third kappa shape index (κ3) is 4.19. The van der Waals surface area contributed by atoms with Crippen molar-refractivity contribution in [3.05, 3.63) is 0 Å². The highest BCUT2D eigenvalue weighted by atomic mass is 15.3. The molecule has 0 saturated carbocycles. The SMILES string of the molecule is CCN(CCN1CCN(C)CC1)C1CCCNC1. The first kappa shape index (κ1) is 14.3. The molecule has 18 heavy (non-hydrogen) atoms. The summed E-state index contributed by atoms with van der Waals surface area (Å²) in [6.07, 6.45) is 2.72. The summed E-state index contributed by atoms with van der Waals surface area (Å²) in [5.74, 6) is 0. The topological polar surface area (TPSA) is 21.8 Å². The molecule has 0 amide bonds. The van der Waals surface area contributed by atoms with Crippen LogP contribution in [0.5, 0.6) is 0 Å². The Kier molecular flexibility index (Phi) is 5.89. The maximum absolute atomic E-state index is 3.53. The van der Waals surface area contributed by atoms with Crippen molar-refractivity contribution in [3.63, 3.8) is 0 Å². The van der Waals surface area contributed by atoms with Crippen LogP contribution in [-0.4, -0.2) is 86.7 Å². The predicted molar refractivity (Wildman–Crippen MR) is 77.1 cm³/mol. The highest BCUT2D eigenvalue weighted by Crippen LogP contribution is 2.10. The van der Waals surface area contributed by atoms with Gasteiger partial charge in [0.1, 0.15) is 0 Å². The average Bonchev–Trinajstić information content (AvgIpc) is 2.43. The van der Waals surface area contributed by atoms with Gasteiger partial charge in [-0.15, -0.1) is 0 Å². The van der Waals surface area contributed by atoms with Crippen LogP contribution in [0.2, 0.25) is 0 Å². The number of nitrogens with one attached hydrogen (secondary N) is 1. The Labute approximate surface area is 112 Å². The zero-order valence-corrected chi connectivity index (χ0v) is 12.2. The van der Waals surface area contributed by atoms with Crippen molar-refractivity contribution in [1.29, 1.82) is 0 Å². The van der Waals surface area contributed by atoms with E-state index in [4.69, 9.17) is 0 Å². The van der Waals surface area contributed by atoms with Crippen LogP contribution in [0.15, 0.2) is 0 Å². The van der Waals surface area contributed by atoms with Gasteiger partial charge in [-0.05, 0) is 33.0 Å². The van der Waals surface area contributed by atoms with Crippen molar-refractivity contribution in [2.75, 3.05) is 66.0 Å². The van der Waals surface area contributed by atoms with E-state index in [1.165, 1.54) is 71.7 Å². The largest absolute Gasteiger partial charge is 0.315 e. The predicted octanol–water partition coefficient (Wildman–Crippen LogP) is 0.308. The fourth-order valence-electron chi connectivity index (χ4n) is 3.09. The van der Waals surface area contributed by atoms with E-state index in [-0.39, 0.29) is 0 Å². The summed E-state index contributed by atoms with van der Waals surface area (Å²) in [5, 5.41) is 3.53. The molecule has 4 nitrogen and oxygen atoms in total. The van der Waals surface area contributed by atoms with Crippen molar-refractivity contribution in [2.24, 2.45) is 0 Å². The van der Waals surface area contributed by atoms with Crippen molar-refractivity contribution >= 4 is 0 Å². The van der Waals surface area contributed by atoms with E-state index in [9.17, 15) is 0 Å².